The van der Waals surface area contributed by atoms with Crippen molar-refractivity contribution in [1.82, 2.24) is 10.2 Å². The molecular formula is C27H21ClN2O8S. The van der Waals surface area contributed by atoms with Crippen molar-refractivity contribution in [3.63, 3.8) is 0 Å². The minimum atomic E-state index is -1.20. The highest BCUT2D eigenvalue weighted by Gasteiger charge is 2.19. The molecule has 4 rings (SSSR count). The van der Waals surface area contributed by atoms with Crippen LogP contribution in [0.5, 0.6) is 17.2 Å². The van der Waals surface area contributed by atoms with Gasteiger partial charge in [-0.25, -0.2) is 9.59 Å². The zero-order valence-corrected chi connectivity index (χ0v) is 22.2. The number of aromatic carboxylic acids is 1. The van der Waals surface area contributed by atoms with Crippen molar-refractivity contribution < 1.29 is 38.4 Å². The number of ether oxygens (including phenoxy) is 3. The second-order valence-electron chi connectivity index (χ2n) is 7.84. The third-order valence-corrected chi connectivity index (χ3v) is 6.35. The van der Waals surface area contributed by atoms with E-state index in [-0.39, 0.29) is 28.2 Å². The molecule has 0 aliphatic rings. The smallest absolute Gasteiger partial charge is 0.342 e. The molecule has 0 saturated carbocycles. The lowest BCUT2D eigenvalue weighted by Crippen LogP contribution is -2.01. The van der Waals surface area contributed by atoms with E-state index < -0.39 is 11.9 Å². The number of nitrogens with zero attached hydrogens (tertiary/aromatic N) is 2. The molecule has 1 aromatic heterocycles. The molecule has 0 fully saturated rings. The van der Waals surface area contributed by atoms with E-state index in [0.29, 0.717) is 39.0 Å². The van der Waals surface area contributed by atoms with E-state index in [2.05, 4.69) is 10.2 Å². The van der Waals surface area contributed by atoms with E-state index >= 15 is 0 Å². The van der Waals surface area contributed by atoms with Gasteiger partial charge in [0.05, 0.1) is 25.3 Å². The predicted molar refractivity (Wildman–Crippen MR) is 143 cm³/mol. The minimum absolute atomic E-state index is 0.0104. The lowest BCUT2D eigenvalue weighted by atomic mass is 10.1. The lowest BCUT2D eigenvalue weighted by molar-refractivity contribution is -0.131. The average molecular weight is 569 g/mol. The molecule has 0 atom stereocenters. The highest BCUT2D eigenvalue weighted by Crippen LogP contribution is 2.36. The highest BCUT2D eigenvalue weighted by molar-refractivity contribution is 8.03. The number of halogens is 1. The van der Waals surface area contributed by atoms with E-state index in [4.69, 9.17) is 35.3 Å². The largest absolute Gasteiger partial charge is 0.496 e. The Hall–Kier alpha value is -4.48. The van der Waals surface area contributed by atoms with Gasteiger partial charge in [0.15, 0.2) is 11.5 Å². The van der Waals surface area contributed by atoms with Gasteiger partial charge in [-0.15, -0.1) is 10.2 Å². The van der Waals surface area contributed by atoms with Gasteiger partial charge in [-0.3, -0.25) is 0 Å². The van der Waals surface area contributed by atoms with Crippen molar-refractivity contribution in [2.45, 2.75) is 11.8 Å². The van der Waals surface area contributed by atoms with Crippen molar-refractivity contribution in [3.8, 4) is 28.7 Å². The van der Waals surface area contributed by atoms with Crippen molar-refractivity contribution in [2.75, 3.05) is 14.2 Å². The molecule has 3 aromatic carbocycles. The molecule has 2 N–H and O–H groups in total. The fraction of sp³-hybridized carbons (Fsp3) is 0.111. The van der Waals surface area contributed by atoms with Crippen molar-refractivity contribution in [1.29, 1.82) is 0 Å². The first-order valence-corrected chi connectivity index (χ1v) is 12.4. The van der Waals surface area contributed by atoms with Crippen LogP contribution in [0.3, 0.4) is 0 Å². The maximum absolute atomic E-state index is 12.0. The Morgan fingerprint density at radius 3 is 2.46 bits per heavy atom. The summed E-state index contributed by atoms with van der Waals surface area (Å²) >= 11 is 6.85. The molecule has 0 aliphatic heterocycles. The molecule has 12 heteroatoms. The quantitative estimate of drug-likeness (QED) is 0.165. The summed E-state index contributed by atoms with van der Waals surface area (Å²) in [7, 11) is 2.95. The van der Waals surface area contributed by atoms with Crippen LogP contribution in [-0.4, -0.2) is 46.6 Å². The van der Waals surface area contributed by atoms with E-state index in [1.165, 1.54) is 32.4 Å². The number of benzene rings is 3. The van der Waals surface area contributed by atoms with Crippen LogP contribution < -0.4 is 14.2 Å². The molecule has 0 radical (unpaired) electrons. The molecule has 0 aliphatic carbocycles. The number of rotatable bonds is 11. The first kappa shape index (κ1) is 27.6. The normalized spacial score (nSPS) is 11.2. The van der Waals surface area contributed by atoms with Gasteiger partial charge < -0.3 is 28.8 Å². The van der Waals surface area contributed by atoms with Crippen molar-refractivity contribution >= 4 is 41.4 Å². The van der Waals surface area contributed by atoms with Gasteiger partial charge in [0.1, 0.15) is 17.3 Å². The Morgan fingerprint density at radius 1 is 0.974 bits per heavy atom. The summed E-state index contributed by atoms with van der Waals surface area (Å²) in [6.45, 7) is 0.111. The Labute approximate surface area is 231 Å². The summed E-state index contributed by atoms with van der Waals surface area (Å²) in [5.41, 5.74) is 1.82. The number of methoxy groups -OCH3 is 2. The molecule has 1 heterocycles. The molecule has 0 unspecified atom stereocenters. The number of aromatic nitrogens is 2. The number of hydrogen-bond acceptors (Lipinski definition) is 9. The van der Waals surface area contributed by atoms with E-state index in [0.717, 1.165) is 11.8 Å². The summed E-state index contributed by atoms with van der Waals surface area (Å²) in [5, 5.41) is 27.3. The second-order valence-corrected chi connectivity index (χ2v) is 9.27. The van der Waals surface area contributed by atoms with Crippen LogP contribution >= 0.6 is 23.4 Å². The average Bonchev–Trinajstić information content (AvgIpc) is 3.40. The van der Waals surface area contributed by atoms with Gasteiger partial charge in [-0.05, 0) is 71.4 Å². The van der Waals surface area contributed by atoms with Gasteiger partial charge in [0, 0.05) is 5.02 Å². The molecule has 39 heavy (non-hydrogen) atoms. The molecule has 4 aromatic rings. The van der Waals surface area contributed by atoms with Gasteiger partial charge in [-0.1, -0.05) is 29.8 Å². The van der Waals surface area contributed by atoms with Crippen molar-refractivity contribution in [2.24, 2.45) is 0 Å². The van der Waals surface area contributed by atoms with Gasteiger partial charge in [-0.2, -0.15) is 0 Å². The molecule has 10 nitrogen and oxygen atoms in total. The molecule has 0 amide bonds. The highest BCUT2D eigenvalue weighted by atomic mass is 35.5. The van der Waals surface area contributed by atoms with E-state index in [1.54, 1.807) is 48.5 Å². The molecule has 0 saturated heterocycles. The van der Waals surface area contributed by atoms with Gasteiger partial charge in [0.25, 0.3) is 11.1 Å². The third kappa shape index (κ3) is 6.89. The second kappa shape index (κ2) is 12.4. The van der Waals surface area contributed by atoms with Crippen LogP contribution in [0.15, 0.2) is 75.2 Å². The van der Waals surface area contributed by atoms with Crippen LogP contribution in [-0.2, 0) is 11.4 Å². The zero-order valence-electron chi connectivity index (χ0n) is 20.6. The van der Waals surface area contributed by atoms with E-state index in [1.807, 2.05) is 0 Å². The topological polar surface area (TPSA) is 141 Å². The lowest BCUT2D eigenvalue weighted by Gasteiger charge is -2.12. The third-order valence-electron chi connectivity index (χ3n) is 5.26. The van der Waals surface area contributed by atoms with Crippen LogP contribution in [0, 0.1) is 0 Å². The number of aliphatic carboxylic acids is 1. The number of carboxylic acids is 2. The molecule has 0 spiro atoms. The fourth-order valence-corrected chi connectivity index (χ4v) is 4.28. The Bertz CT molecular complexity index is 1550. The number of thioether (sulfide) groups is 1. The first-order valence-electron chi connectivity index (χ1n) is 11.2. The molecule has 200 valence electrons. The summed E-state index contributed by atoms with van der Waals surface area (Å²) in [6, 6.07) is 16.2. The number of hydrogen-bond donors (Lipinski definition) is 2. The summed E-state index contributed by atoms with van der Waals surface area (Å²) < 4.78 is 22.2. The zero-order chi connectivity index (χ0) is 27.9. The summed E-state index contributed by atoms with van der Waals surface area (Å²) in [4.78, 5) is 23.1. The predicted octanol–water partition coefficient (Wildman–Crippen LogP) is 5.90. The van der Waals surface area contributed by atoms with Crippen LogP contribution in [0.1, 0.15) is 21.5 Å². The van der Waals surface area contributed by atoms with Crippen LogP contribution in [0.25, 0.3) is 17.5 Å². The van der Waals surface area contributed by atoms with Gasteiger partial charge >= 0.3 is 11.9 Å². The number of carbonyl (C=O) groups is 2. The Morgan fingerprint density at radius 2 is 1.74 bits per heavy atom. The van der Waals surface area contributed by atoms with Crippen LogP contribution in [0.4, 0.5) is 0 Å². The first-order chi connectivity index (χ1) is 18.8. The van der Waals surface area contributed by atoms with Crippen molar-refractivity contribution in [3.05, 3.63) is 87.3 Å². The maximum Gasteiger partial charge on any atom is 0.342 e. The minimum Gasteiger partial charge on any atom is -0.496 e. The fourth-order valence-electron chi connectivity index (χ4n) is 3.44. The maximum atomic E-state index is 12.0. The Balaban J connectivity index is 1.52. The Kier molecular flexibility index (Phi) is 8.74. The van der Waals surface area contributed by atoms with E-state index in [9.17, 15) is 14.7 Å². The molecular weight excluding hydrogens is 548 g/mol. The summed E-state index contributed by atoms with van der Waals surface area (Å²) in [5.74, 6) is -0.870. The summed E-state index contributed by atoms with van der Waals surface area (Å²) in [6.07, 6.45) is 1.43. The number of carboxylic acid groups (broad SMARTS) is 2. The van der Waals surface area contributed by atoms with Gasteiger partial charge in [0.2, 0.25) is 0 Å². The molecule has 0 bridgehead atoms. The SMILES string of the molecule is COc1cc(/C=C(\Sc2nnc(-c3cc(Cl)ccc3OC)o2)C(=O)O)ccc1OCc1cccc(C(=O)O)c1. The van der Waals surface area contributed by atoms with Crippen LogP contribution in [0.2, 0.25) is 5.02 Å². The standard InChI is InChI=1S/C27H21ClN2O8S/c1-35-20-9-7-18(28)13-19(20)24-29-30-27(38-24)39-23(26(33)34)12-15-6-8-21(22(11-15)36-2)37-14-16-4-3-5-17(10-16)25(31)32/h3-13H,14H2,1-2H3,(H,31,32)(H,33,34)/b23-12-. The monoisotopic (exact) mass is 568 g/mol.